The number of carboxylic acids is 1. The molecule has 3 heterocycles. The average molecular weight is 310 g/mol. The van der Waals surface area contributed by atoms with Crippen molar-refractivity contribution in [2.75, 3.05) is 13.2 Å². The molecule has 3 aromatic rings. The molecule has 7 heteroatoms. The van der Waals surface area contributed by atoms with Crippen LogP contribution in [0.4, 0.5) is 0 Å². The molecule has 1 aromatic carbocycles. The third-order valence-corrected chi connectivity index (χ3v) is 3.90. The van der Waals surface area contributed by atoms with Gasteiger partial charge in [0.15, 0.2) is 0 Å². The second-order valence-electron chi connectivity index (χ2n) is 5.45. The minimum absolute atomic E-state index is 0.0724. The lowest BCUT2D eigenvalue weighted by Gasteiger charge is -2.25. The average Bonchev–Trinajstić information content (AvgIpc) is 3.15. The number of H-pyrrole nitrogens is 1. The number of aromatic amines is 1. The minimum atomic E-state index is -1.02. The fourth-order valence-corrected chi connectivity index (χ4v) is 2.50. The molecule has 0 radical (unpaired) electrons. The maximum atomic E-state index is 10.9. The first-order chi connectivity index (χ1) is 11.2. The monoisotopic (exact) mass is 310 g/mol. The molecular weight excluding hydrogens is 296 g/mol. The predicted molar refractivity (Wildman–Crippen MR) is 82.1 cm³/mol. The van der Waals surface area contributed by atoms with Crippen LogP contribution in [0.5, 0.6) is 0 Å². The van der Waals surface area contributed by atoms with E-state index in [2.05, 4.69) is 15.3 Å². The van der Waals surface area contributed by atoms with Crippen molar-refractivity contribution < 1.29 is 14.6 Å². The number of carboxylic acid groups (broad SMARTS) is 1. The Kier molecular flexibility index (Phi) is 3.20. The van der Waals surface area contributed by atoms with Crippen molar-refractivity contribution >= 4 is 5.97 Å². The third-order valence-electron chi connectivity index (χ3n) is 3.90. The molecule has 23 heavy (non-hydrogen) atoms. The van der Waals surface area contributed by atoms with Gasteiger partial charge in [0.25, 0.3) is 0 Å². The van der Waals surface area contributed by atoms with E-state index in [0.717, 1.165) is 16.7 Å². The predicted octanol–water partition coefficient (Wildman–Crippen LogP) is 2.21. The first-order valence-electron chi connectivity index (χ1n) is 7.22. The number of nitrogens with one attached hydrogen (secondary N) is 1. The van der Waals surface area contributed by atoms with Gasteiger partial charge in [0.2, 0.25) is 0 Å². The van der Waals surface area contributed by atoms with Gasteiger partial charge in [0.05, 0.1) is 31.1 Å². The highest BCUT2D eigenvalue weighted by atomic mass is 16.5. The maximum absolute atomic E-state index is 10.9. The first-order valence-corrected chi connectivity index (χ1v) is 7.22. The molecule has 116 valence electrons. The van der Waals surface area contributed by atoms with Crippen LogP contribution in [0.15, 0.2) is 42.7 Å². The molecule has 7 nitrogen and oxygen atoms in total. The van der Waals surface area contributed by atoms with Gasteiger partial charge in [-0.25, -0.2) is 4.79 Å². The first kappa shape index (κ1) is 13.7. The van der Waals surface area contributed by atoms with Crippen LogP contribution >= 0.6 is 0 Å². The van der Waals surface area contributed by atoms with Gasteiger partial charge in [-0.15, -0.1) is 0 Å². The lowest BCUT2D eigenvalue weighted by atomic mass is 10.0. The number of aromatic nitrogens is 4. The summed E-state index contributed by atoms with van der Waals surface area (Å²) in [5.74, 6) is -1.02. The zero-order valence-electron chi connectivity index (χ0n) is 12.1. The number of benzene rings is 1. The molecule has 2 N–H and O–H groups in total. The van der Waals surface area contributed by atoms with Gasteiger partial charge in [0, 0.05) is 17.3 Å². The molecule has 0 saturated carbocycles. The van der Waals surface area contributed by atoms with Crippen LogP contribution in [-0.4, -0.2) is 44.3 Å². The van der Waals surface area contributed by atoms with Crippen molar-refractivity contribution in [3.63, 3.8) is 0 Å². The van der Waals surface area contributed by atoms with Gasteiger partial charge in [0.1, 0.15) is 5.69 Å². The zero-order chi connectivity index (χ0) is 15.8. The highest BCUT2D eigenvalue weighted by Crippen LogP contribution is 2.27. The normalized spacial score (nSPS) is 14.6. The Morgan fingerprint density at radius 2 is 2.09 bits per heavy atom. The molecule has 0 aliphatic carbocycles. The summed E-state index contributed by atoms with van der Waals surface area (Å²) in [5, 5.41) is 19.9. The summed E-state index contributed by atoms with van der Waals surface area (Å²) in [5.41, 5.74) is 3.54. The van der Waals surface area contributed by atoms with Crippen LogP contribution in [-0.2, 0) is 4.74 Å². The topological polar surface area (TPSA) is 93.0 Å². The van der Waals surface area contributed by atoms with E-state index in [1.807, 2.05) is 41.3 Å². The fraction of sp³-hybridized carbons (Fsp3) is 0.188. The van der Waals surface area contributed by atoms with E-state index in [-0.39, 0.29) is 5.69 Å². The summed E-state index contributed by atoms with van der Waals surface area (Å²) in [4.78, 5) is 10.9. The number of carbonyl (C=O) groups is 1. The number of aromatic carboxylic acids is 1. The summed E-state index contributed by atoms with van der Waals surface area (Å²) < 4.78 is 7.10. The quantitative estimate of drug-likeness (QED) is 0.770. The van der Waals surface area contributed by atoms with E-state index in [1.165, 1.54) is 6.07 Å². The van der Waals surface area contributed by atoms with Crippen molar-refractivity contribution in [2.45, 2.75) is 6.04 Å². The molecular formula is C16H14N4O3. The molecule has 0 bridgehead atoms. The molecule has 1 aliphatic heterocycles. The molecule has 0 unspecified atom stereocenters. The van der Waals surface area contributed by atoms with Gasteiger partial charge in [-0.1, -0.05) is 18.2 Å². The van der Waals surface area contributed by atoms with Crippen molar-refractivity contribution in [2.24, 2.45) is 0 Å². The second-order valence-corrected chi connectivity index (χ2v) is 5.45. The van der Waals surface area contributed by atoms with Crippen LogP contribution in [0.2, 0.25) is 0 Å². The van der Waals surface area contributed by atoms with E-state index >= 15 is 0 Å². The number of hydrogen-bond acceptors (Lipinski definition) is 4. The smallest absolute Gasteiger partial charge is 0.353 e. The number of rotatable bonds is 4. The molecule has 1 fully saturated rings. The second kappa shape index (κ2) is 5.36. The molecule has 0 amide bonds. The Morgan fingerprint density at radius 1 is 1.26 bits per heavy atom. The zero-order valence-corrected chi connectivity index (χ0v) is 12.1. The highest BCUT2D eigenvalue weighted by Gasteiger charge is 2.21. The van der Waals surface area contributed by atoms with Gasteiger partial charge < -0.3 is 9.84 Å². The van der Waals surface area contributed by atoms with Crippen molar-refractivity contribution in [3.8, 4) is 22.4 Å². The van der Waals surface area contributed by atoms with Gasteiger partial charge in [-0.2, -0.15) is 10.2 Å². The Morgan fingerprint density at radius 3 is 2.78 bits per heavy atom. The lowest BCUT2D eigenvalue weighted by molar-refractivity contribution is -0.0286. The van der Waals surface area contributed by atoms with E-state index in [0.29, 0.717) is 24.9 Å². The Balaban J connectivity index is 1.65. The number of nitrogens with zero attached hydrogens (tertiary/aromatic N) is 3. The van der Waals surface area contributed by atoms with E-state index in [1.54, 1.807) is 0 Å². The van der Waals surface area contributed by atoms with E-state index < -0.39 is 5.97 Å². The van der Waals surface area contributed by atoms with Crippen LogP contribution in [0.25, 0.3) is 22.4 Å². The highest BCUT2D eigenvalue weighted by molar-refractivity contribution is 5.87. The van der Waals surface area contributed by atoms with E-state index in [9.17, 15) is 4.79 Å². The third kappa shape index (κ3) is 2.51. The minimum Gasteiger partial charge on any atom is -0.477 e. The Labute approximate surface area is 131 Å². The SMILES string of the molecule is O=C(O)c1cc(-c2cccc(-c3cnn(C4COC4)c3)c2)n[nH]1. The summed E-state index contributed by atoms with van der Waals surface area (Å²) in [6.07, 6.45) is 3.82. The molecule has 0 spiro atoms. The Bertz CT molecular complexity index is 864. The number of ether oxygens (including phenoxy) is 1. The molecule has 2 aromatic heterocycles. The summed E-state index contributed by atoms with van der Waals surface area (Å²) in [7, 11) is 0. The molecule has 4 rings (SSSR count). The van der Waals surface area contributed by atoms with Gasteiger partial charge in [-0.05, 0) is 17.7 Å². The fourth-order valence-electron chi connectivity index (χ4n) is 2.50. The molecule has 1 saturated heterocycles. The largest absolute Gasteiger partial charge is 0.477 e. The van der Waals surface area contributed by atoms with Gasteiger partial charge in [-0.3, -0.25) is 9.78 Å². The molecule has 1 aliphatic rings. The molecule has 0 atom stereocenters. The van der Waals surface area contributed by atoms with Crippen LogP contribution < -0.4 is 0 Å². The maximum Gasteiger partial charge on any atom is 0.353 e. The van der Waals surface area contributed by atoms with Gasteiger partial charge >= 0.3 is 5.97 Å². The summed E-state index contributed by atoms with van der Waals surface area (Å²) in [6.45, 7) is 1.40. The van der Waals surface area contributed by atoms with Crippen molar-refractivity contribution in [3.05, 3.63) is 48.4 Å². The standard InChI is InChI=1S/C16H14N4O3/c21-16(22)15-5-14(18-19-15)11-3-1-2-10(4-11)12-6-17-20(7-12)13-8-23-9-13/h1-7,13H,8-9H2,(H,18,19)(H,21,22). The van der Waals surface area contributed by atoms with E-state index in [4.69, 9.17) is 9.84 Å². The summed E-state index contributed by atoms with van der Waals surface area (Å²) in [6, 6.07) is 9.62. The number of hydrogen-bond donors (Lipinski definition) is 2. The Hall–Kier alpha value is -2.93. The van der Waals surface area contributed by atoms with Crippen LogP contribution in [0, 0.1) is 0 Å². The lowest BCUT2D eigenvalue weighted by Crippen LogP contribution is -2.30. The van der Waals surface area contributed by atoms with Crippen molar-refractivity contribution in [1.29, 1.82) is 0 Å². The van der Waals surface area contributed by atoms with Crippen LogP contribution in [0.3, 0.4) is 0 Å². The van der Waals surface area contributed by atoms with Crippen molar-refractivity contribution in [1.82, 2.24) is 20.0 Å². The summed E-state index contributed by atoms with van der Waals surface area (Å²) >= 11 is 0. The van der Waals surface area contributed by atoms with Crippen LogP contribution in [0.1, 0.15) is 16.5 Å².